The van der Waals surface area contributed by atoms with E-state index in [1.807, 2.05) is 0 Å². The maximum absolute atomic E-state index is 12.5. The molecule has 1 aliphatic rings. The van der Waals surface area contributed by atoms with Crippen molar-refractivity contribution in [3.05, 3.63) is 45.8 Å². The molecule has 150 valence electrons. The van der Waals surface area contributed by atoms with Crippen LogP contribution in [0, 0.1) is 0 Å². The molecule has 1 aliphatic carbocycles. The number of hydrogen-bond donors (Lipinski definition) is 2. The van der Waals surface area contributed by atoms with E-state index in [1.165, 1.54) is 23.5 Å². The van der Waals surface area contributed by atoms with Crippen molar-refractivity contribution in [2.75, 3.05) is 11.1 Å². The highest BCUT2D eigenvalue weighted by Gasteiger charge is 2.24. The van der Waals surface area contributed by atoms with Gasteiger partial charge in [0.15, 0.2) is 9.84 Å². The highest BCUT2D eigenvalue weighted by molar-refractivity contribution is 7.91. The van der Waals surface area contributed by atoms with E-state index in [4.69, 9.17) is 5.73 Å². The Morgan fingerprint density at radius 3 is 2.43 bits per heavy atom. The minimum absolute atomic E-state index is 0.0335. The van der Waals surface area contributed by atoms with Gasteiger partial charge in [0.25, 0.3) is 5.91 Å². The van der Waals surface area contributed by atoms with Crippen LogP contribution in [-0.4, -0.2) is 26.0 Å². The normalized spacial score (nSPS) is 14.2. The number of anilines is 1. The second-order valence-corrected chi connectivity index (χ2v) is 10.3. The summed E-state index contributed by atoms with van der Waals surface area (Å²) < 4.78 is 23.8. The molecule has 0 unspecified atom stereocenters. The number of primary amides is 1. The fourth-order valence-electron chi connectivity index (χ4n) is 3.43. The molecule has 1 aromatic heterocycles. The number of thiophene rings is 1. The van der Waals surface area contributed by atoms with E-state index in [9.17, 15) is 18.0 Å². The molecule has 3 rings (SSSR count). The minimum Gasteiger partial charge on any atom is -0.365 e. The van der Waals surface area contributed by atoms with Crippen molar-refractivity contribution in [3.8, 4) is 0 Å². The lowest BCUT2D eigenvalue weighted by atomic mass is 10.1. The molecule has 8 heteroatoms. The number of benzene rings is 1. The third-order valence-corrected chi connectivity index (χ3v) is 7.91. The Kier molecular flexibility index (Phi) is 6.20. The number of carbonyl (C=O) groups excluding carboxylic acids is 2. The zero-order chi connectivity index (χ0) is 20.3. The summed E-state index contributed by atoms with van der Waals surface area (Å²) >= 11 is 1.44. The fourth-order valence-corrected chi connectivity index (χ4v) is 5.62. The molecule has 0 radical (unpaired) electrons. The molecule has 3 N–H and O–H groups in total. The van der Waals surface area contributed by atoms with Crippen molar-refractivity contribution >= 4 is 38.0 Å². The molecular weight excluding hydrogens is 396 g/mol. The summed E-state index contributed by atoms with van der Waals surface area (Å²) in [7, 11) is -3.26. The number of sulfone groups is 1. The van der Waals surface area contributed by atoms with Gasteiger partial charge in [-0.25, -0.2) is 8.42 Å². The van der Waals surface area contributed by atoms with E-state index >= 15 is 0 Å². The number of carbonyl (C=O) groups is 2. The SMILES string of the molecule is CCS(=O)(=O)c1ccc(CC(=O)Nc2sc3c(c2C(N)=O)CCCCC3)cc1. The first-order chi connectivity index (χ1) is 13.3. The van der Waals surface area contributed by atoms with Crippen LogP contribution in [0.2, 0.25) is 0 Å². The number of amides is 2. The number of fused-ring (bicyclic) bond motifs is 1. The van der Waals surface area contributed by atoms with Gasteiger partial charge in [0.2, 0.25) is 5.91 Å². The number of rotatable bonds is 6. The molecule has 6 nitrogen and oxygen atoms in total. The van der Waals surface area contributed by atoms with Crippen LogP contribution in [0.4, 0.5) is 5.00 Å². The highest BCUT2D eigenvalue weighted by Crippen LogP contribution is 2.37. The third-order valence-electron chi connectivity index (χ3n) is 4.95. The van der Waals surface area contributed by atoms with E-state index in [2.05, 4.69) is 5.32 Å². The van der Waals surface area contributed by atoms with Crippen LogP contribution in [0.5, 0.6) is 0 Å². The van der Waals surface area contributed by atoms with Crippen molar-refractivity contribution < 1.29 is 18.0 Å². The smallest absolute Gasteiger partial charge is 0.251 e. The largest absolute Gasteiger partial charge is 0.365 e. The van der Waals surface area contributed by atoms with Crippen LogP contribution in [0.15, 0.2) is 29.2 Å². The predicted molar refractivity (Wildman–Crippen MR) is 111 cm³/mol. The molecule has 0 aliphatic heterocycles. The molecule has 0 saturated heterocycles. The van der Waals surface area contributed by atoms with Gasteiger partial charge in [-0.2, -0.15) is 0 Å². The maximum atomic E-state index is 12.5. The lowest BCUT2D eigenvalue weighted by Crippen LogP contribution is -2.19. The fraction of sp³-hybridized carbons (Fsp3) is 0.400. The number of aryl methyl sites for hydroxylation is 1. The standard InChI is InChI=1S/C20H24N2O4S2/c1-2-28(25,26)14-10-8-13(9-11-14)12-17(23)22-20-18(19(21)24)15-6-4-3-5-7-16(15)27-20/h8-11H,2-7,12H2,1H3,(H2,21,24)(H,22,23). The second-order valence-electron chi connectivity index (χ2n) is 6.91. The summed E-state index contributed by atoms with van der Waals surface area (Å²) in [6.45, 7) is 1.59. The first-order valence-electron chi connectivity index (χ1n) is 9.37. The van der Waals surface area contributed by atoms with Crippen molar-refractivity contribution in [1.29, 1.82) is 0 Å². The van der Waals surface area contributed by atoms with Gasteiger partial charge in [-0.05, 0) is 48.9 Å². The van der Waals surface area contributed by atoms with E-state index in [0.29, 0.717) is 16.1 Å². The lowest BCUT2D eigenvalue weighted by Gasteiger charge is -2.07. The van der Waals surface area contributed by atoms with Gasteiger partial charge < -0.3 is 11.1 Å². The molecule has 2 amide bonds. The van der Waals surface area contributed by atoms with Crippen LogP contribution >= 0.6 is 11.3 Å². The van der Waals surface area contributed by atoms with Crippen LogP contribution in [0.1, 0.15) is 52.5 Å². The minimum atomic E-state index is -3.26. The van der Waals surface area contributed by atoms with Crippen LogP contribution in [0.3, 0.4) is 0 Å². The van der Waals surface area contributed by atoms with Crippen LogP contribution < -0.4 is 11.1 Å². The van der Waals surface area contributed by atoms with E-state index in [0.717, 1.165) is 42.5 Å². The van der Waals surface area contributed by atoms with Gasteiger partial charge in [-0.1, -0.05) is 25.5 Å². The summed E-state index contributed by atoms with van der Waals surface area (Å²) in [5.41, 5.74) is 7.72. The van der Waals surface area contributed by atoms with E-state index < -0.39 is 15.7 Å². The summed E-state index contributed by atoms with van der Waals surface area (Å²) in [4.78, 5) is 25.9. The van der Waals surface area contributed by atoms with E-state index in [-0.39, 0.29) is 23.0 Å². The topological polar surface area (TPSA) is 106 Å². The van der Waals surface area contributed by atoms with Crippen LogP contribution in [0.25, 0.3) is 0 Å². The Hall–Kier alpha value is -2.19. The quantitative estimate of drug-likeness (QED) is 0.700. The second kappa shape index (κ2) is 8.45. The Labute approximate surface area is 169 Å². The molecule has 0 atom stereocenters. The van der Waals surface area contributed by atoms with Gasteiger partial charge >= 0.3 is 0 Å². The molecule has 0 bridgehead atoms. The molecule has 0 fully saturated rings. The Balaban J connectivity index is 1.76. The molecule has 0 spiro atoms. The first-order valence-corrected chi connectivity index (χ1v) is 11.8. The monoisotopic (exact) mass is 420 g/mol. The summed E-state index contributed by atoms with van der Waals surface area (Å²) in [6.07, 6.45) is 5.03. The number of nitrogens with two attached hydrogens (primary N) is 1. The zero-order valence-corrected chi connectivity index (χ0v) is 17.4. The molecule has 28 heavy (non-hydrogen) atoms. The third kappa shape index (κ3) is 4.44. The Bertz CT molecular complexity index is 992. The molecule has 2 aromatic rings. The number of nitrogens with one attached hydrogen (secondary N) is 1. The first kappa shape index (κ1) is 20.5. The Morgan fingerprint density at radius 1 is 1.11 bits per heavy atom. The highest BCUT2D eigenvalue weighted by atomic mass is 32.2. The van der Waals surface area contributed by atoms with Crippen LogP contribution in [-0.2, 0) is 33.9 Å². The van der Waals surface area contributed by atoms with Gasteiger partial charge in [0.1, 0.15) is 5.00 Å². The zero-order valence-electron chi connectivity index (χ0n) is 15.8. The molecule has 1 heterocycles. The van der Waals surface area contributed by atoms with Gasteiger partial charge in [-0.15, -0.1) is 11.3 Å². The van der Waals surface area contributed by atoms with Crippen molar-refractivity contribution in [1.82, 2.24) is 0 Å². The van der Waals surface area contributed by atoms with Gasteiger partial charge in [0.05, 0.1) is 22.6 Å². The van der Waals surface area contributed by atoms with Crippen molar-refractivity contribution in [3.63, 3.8) is 0 Å². The van der Waals surface area contributed by atoms with Crippen molar-refractivity contribution in [2.45, 2.75) is 50.3 Å². The summed E-state index contributed by atoms with van der Waals surface area (Å²) in [5, 5.41) is 3.36. The average Bonchev–Trinajstić information content (AvgIpc) is 2.83. The van der Waals surface area contributed by atoms with Crippen molar-refractivity contribution in [2.24, 2.45) is 5.73 Å². The summed E-state index contributed by atoms with van der Waals surface area (Å²) in [5.74, 6) is -0.736. The average molecular weight is 421 g/mol. The van der Waals surface area contributed by atoms with Gasteiger partial charge in [0, 0.05) is 4.88 Å². The summed E-state index contributed by atoms with van der Waals surface area (Å²) in [6, 6.07) is 6.31. The Morgan fingerprint density at radius 2 is 1.79 bits per heavy atom. The molecular formula is C20H24N2O4S2. The lowest BCUT2D eigenvalue weighted by molar-refractivity contribution is -0.115. The number of hydrogen-bond acceptors (Lipinski definition) is 5. The predicted octanol–water partition coefficient (Wildman–Crippen LogP) is 3.09. The van der Waals surface area contributed by atoms with E-state index in [1.54, 1.807) is 19.1 Å². The maximum Gasteiger partial charge on any atom is 0.251 e. The van der Waals surface area contributed by atoms with Gasteiger partial charge in [-0.3, -0.25) is 9.59 Å². The molecule has 0 saturated carbocycles. The molecule has 1 aromatic carbocycles.